The third-order valence-electron chi connectivity index (χ3n) is 3.91. The molecule has 0 aliphatic carbocycles. The van der Waals surface area contributed by atoms with Gasteiger partial charge in [0.15, 0.2) is 11.4 Å². The highest BCUT2D eigenvalue weighted by atomic mass is 35.5. The van der Waals surface area contributed by atoms with Gasteiger partial charge < -0.3 is 14.0 Å². The molecule has 0 radical (unpaired) electrons. The number of benzene rings is 2. The maximum atomic E-state index is 12.4. The molecule has 6 nitrogen and oxygen atoms in total. The summed E-state index contributed by atoms with van der Waals surface area (Å²) >= 11 is 13.1. The largest absolute Gasteiger partial charge is 0.482 e. The van der Waals surface area contributed by atoms with Crippen molar-refractivity contribution < 1.29 is 19.1 Å². The molecule has 3 aromatic rings. The lowest BCUT2D eigenvalue weighted by Gasteiger charge is -2.05. The van der Waals surface area contributed by atoms with Crippen molar-refractivity contribution in [1.82, 2.24) is 4.57 Å². The Morgan fingerprint density at radius 3 is 2.73 bits per heavy atom. The zero-order valence-corrected chi connectivity index (χ0v) is 18.2. The zero-order chi connectivity index (χ0) is 21.7. The van der Waals surface area contributed by atoms with E-state index in [2.05, 4.69) is 10.9 Å². The maximum absolute atomic E-state index is 12.4. The van der Waals surface area contributed by atoms with E-state index in [0.29, 0.717) is 26.2 Å². The van der Waals surface area contributed by atoms with Crippen molar-refractivity contribution in [3.8, 4) is 18.1 Å². The Kier molecular flexibility index (Phi) is 7.16. The Hall–Kier alpha value is -2.79. The molecular weight excluding hydrogens is 447 g/mol. The lowest BCUT2D eigenvalue weighted by molar-refractivity contribution is -0.120. The van der Waals surface area contributed by atoms with Gasteiger partial charge in [0.25, 0.3) is 5.91 Å². The zero-order valence-electron chi connectivity index (χ0n) is 15.9. The fraction of sp³-hybridized carbons (Fsp3) is 0.190. The van der Waals surface area contributed by atoms with Crippen molar-refractivity contribution in [1.29, 1.82) is 0 Å². The number of amides is 1. The van der Waals surface area contributed by atoms with E-state index in [0.717, 1.165) is 10.2 Å². The predicted molar refractivity (Wildman–Crippen MR) is 117 cm³/mol. The molecule has 1 aromatic heterocycles. The van der Waals surface area contributed by atoms with Crippen LogP contribution in [0.15, 0.2) is 41.4 Å². The van der Waals surface area contributed by atoms with Gasteiger partial charge in [-0.05, 0) is 43.3 Å². The third-order valence-corrected chi connectivity index (χ3v) is 5.48. The molecule has 0 atom stereocenters. The molecule has 1 heterocycles. The fourth-order valence-corrected chi connectivity index (χ4v) is 4.16. The van der Waals surface area contributed by atoms with Crippen LogP contribution in [0, 0.1) is 12.3 Å². The number of esters is 1. The average Bonchev–Trinajstić information content (AvgIpc) is 3.04. The maximum Gasteiger partial charge on any atom is 0.338 e. The summed E-state index contributed by atoms with van der Waals surface area (Å²) in [5, 5.41) is 0.761. The van der Waals surface area contributed by atoms with Gasteiger partial charge in [0.05, 0.1) is 34.0 Å². The lowest BCUT2D eigenvalue weighted by atomic mass is 10.2. The molecule has 1 amide bonds. The number of nitrogens with zero attached hydrogens (tertiary/aromatic N) is 2. The van der Waals surface area contributed by atoms with Crippen LogP contribution < -0.4 is 9.54 Å². The minimum atomic E-state index is -0.510. The topological polar surface area (TPSA) is 69.9 Å². The number of hydrogen-bond donors (Lipinski definition) is 0. The Labute approximate surface area is 186 Å². The van der Waals surface area contributed by atoms with E-state index >= 15 is 0 Å². The number of carbonyl (C=O) groups excluding carboxylic acids is 2. The second-order valence-electron chi connectivity index (χ2n) is 5.95. The van der Waals surface area contributed by atoms with Crippen LogP contribution >= 0.6 is 34.5 Å². The highest BCUT2D eigenvalue weighted by molar-refractivity contribution is 7.16. The summed E-state index contributed by atoms with van der Waals surface area (Å²) in [5.41, 5.74) is 1.18. The van der Waals surface area contributed by atoms with Crippen molar-refractivity contribution in [3.63, 3.8) is 0 Å². The predicted octanol–water partition coefficient (Wildman–Crippen LogP) is 4.33. The van der Waals surface area contributed by atoms with Gasteiger partial charge in [0.2, 0.25) is 0 Å². The fourth-order valence-electron chi connectivity index (χ4n) is 2.61. The highest BCUT2D eigenvalue weighted by Gasteiger charge is 2.13. The Balaban J connectivity index is 1.89. The van der Waals surface area contributed by atoms with Crippen LogP contribution in [-0.4, -0.2) is 29.7 Å². The van der Waals surface area contributed by atoms with Crippen molar-refractivity contribution in [2.24, 2.45) is 4.99 Å². The normalized spacial score (nSPS) is 11.3. The Morgan fingerprint density at radius 2 is 2.03 bits per heavy atom. The molecule has 154 valence electrons. The number of fused-ring (bicyclic) bond motifs is 1. The minimum absolute atomic E-state index is 0.217. The van der Waals surface area contributed by atoms with Gasteiger partial charge in [-0.3, -0.25) is 4.79 Å². The second-order valence-corrected chi connectivity index (χ2v) is 7.80. The number of ether oxygens (including phenoxy) is 2. The van der Waals surface area contributed by atoms with Gasteiger partial charge in [-0.1, -0.05) is 40.5 Å². The van der Waals surface area contributed by atoms with Crippen LogP contribution in [0.1, 0.15) is 17.3 Å². The molecule has 9 heteroatoms. The van der Waals surface area contributed by atoms with E-state index in [1.165, 1.54) is 17.4 Å². The van der Waals surface area contributed by atoms with Crippen LogP contribution in [0.3, 0.4) is 0 Å². The molecule has 0 fully saturated rings. The van der Waals surface area contributed by atoms with Crippen molar-refractivity contribution in [2.45, 2.75) is 13.5 Å². The molecule has 0 saturated carbocycles. The lowest BCUT2D eigenvalue weighted by Crippen LogP contribution is -2.19. The third kappa shape index (κ3) is 5.03. The first-order chi connectivity index (χ1) is 14.4. The smallest absolute Gasteiger partial charge is 0.338 e. The van der Waals surface area contributed by atoms with Crippen LogP contribution in [0.5, 0.6) is 5.75 Å². The summed E-state index contributed by atoms with van der Waals surface area (Å²) in [4.78, 5) is 28.9. The molecule has 0 unspecified atom stereocenters. The van der Waals surface area contributed by atoms with E-state index in [9.17, 15) is 9.59 Å². The number of aromatic nitrogens is 1. The van der Waals surface area contributed by atoms with E-state index in [1.54, 1.807) is 41.8 Å². The van der Waals surface area contributed by atoms with Gasteiger partial charge in [0.1, 0.15) is 5.75 Å². The molecule has 2 aromatic carbocycles. The van der Waals surface area contributed by atoms with Crippen LogP contribution in [-0.2, 0) is 16.1 Å². The summed E-state index contributed by atoms with van der Waals surface area (Å²) in [6.45, 7) is 1.93. The van der Waals surface area contributed by atoms with Gasteiger partial charge in [-0.15, -0.1) is 6.42 Å². The average molecular weight is 463 g/mol. The quantitative estimate of drug-likeness (QED) is 0.403. The van der Waals surface area contributed by atoms with Crippen LogP contribution in [0.25, 0.3) is 10.2 Å². The molecular formula is C21H16Cl2N2O4S. The first-order valence-electron chi connectivity index (χ1n) is 8.82. The number of thiazole rings is 1. The van der Waals surface area contributed by atoms with Crippen molar-refractivity contribution in [3.05, 3.63) is 56.8 Å². The molecule has 0 bridgehead atoms. The minimum Gasteiger partial charge on any atom is -0.482 e. The Bertz CT molecular complexity index is 1220. The summed E-state index contributed by atoms with van der Waals surface area (Å²) in [5.74, 6) is 1.95. The monoisotopic (exact) mass is 462 g/mol. The van der Waals surface area contributed by atoms with Crippen LogP contribution in [0.4, 0.5) is 0 Å². The first-order valence-corrected chi connectivity index (χ1v) is 10.4. The summed E-state index contributed by atoms with van der Waals surface area (Å²) in [6.07, 6.45) is 5.47. The summed E-state index contributed by atoms with van der Waals surface area (Å²) < 4.78 is 12.9. The van der Waals surface area contributed by atoms with Gasteiger partial charge in [-0.2, -0.15) is 4.99 Å². The molecule has 30 heavy (non-hydrogen) atoms. The van der Waals surface area contributed by atoms with E-state index in [4.69, 9.17) is 39.1 Å². The second kappa shape index (κ2) is 9.81. The SMILES string of the molecule is C#CCn1c(=NC(=O)COc2ccc(Cl)cc2Cl)sc2cc(C(=O)OCC)ccc21. The molecule has 0 saturated heterocycles. The van der Waals surface area contributed by atoms with Crippen LogP contribution in [0.2, 0.25) is 10.0 Å². The van der Waals surface area contributed by atoms with E-state index in [1.807, 2.05) is 0 Å². The molecule has 0 spiro atoms. The molecule has 3 rings (SSSR count). The van der Waals surface area contributed by atoms with Crippen molar-refractivity contribution >= 4 is 56.6 Å². The number of rotatable bonds is 6. The van der Waals surface area contributed by atoms with Gasteiger partial charge in [0, 0.05) is 5.02 Å². The molecule has 0 aliphatic heterocycles. The number of hydrogen-bond acceptors (Lipinski definition) is 5. The number of terminal acetylenes is 1. The standard InChI is InChI=1S/C21H16Cl2N2O4S/c1-3-9-25-16-7-5-13(20(27)28-4-2)10-18(16)30-21(25)24-19(26)12-29-17-8-6-14(22)11-15(17)23/h1,5-8,10-11H,4,9,12H2,2H3. The van der Waals surface area contributed by atoms with Crippen molar-refractivity contribution in [2.75, 3.05) is 13.2 Å². The van der Waals surface area contributed by atoms with E-state index < -0.39 is 11.9 Å². The number of carbonyl (C=O) groups is 2. The van der Waals surface area contributed by atoms with E-state index in [-0.39, 0.29) is 19.8 Å². The van der Waals surface area contributed by atoms with Gasteiger partial charge >= 0.3 is 5.97 Å². The molecule has 0 N–H and O–H groups in total. The number of halogens is 2. The first kappa shape index (κ1) is 21.9. The Morgan fingerprint density at radius 1 is 1.23 bits per heavy atom. The summed E-state index contributed by atoms with van der Waals surface area (Å²) in [6, 6.07) is 9.80. The highest BCUT2D eigenvalue weighted by Crippen LogP contribution is 2.27. The van der Waals surface area contributed by atoms with Gasteiger partial charge in [-0.25, -0.2) is 4.79 Å². The molecule has 0 aliphatic rings. The summed E-state index contributed by atoms with van der Waals surface area (Å²) in [7, 11) is 0.